The first-order valence-electron chi connectivity index (χ1n) is 4.98. The molecule has 4 heteroatoms. The van der Waals surface area contributed by atoms with E-state index in [1.54, 1.807) is 0 Å². The number of hydrogen-bond acceptors (Lipinski definition) is 2. The van der Waals surface area contributed by atoms with Gasteiger partial charge in [0.2, 0.25) is 0 Å². The average molecular weight is 267 g/mol. The van der Waals surface area contributed by atoms with Gasteiger partial charge in [-0.25, -0.2) is 0 Å². The zero-order chi connectivity index (χ0) is 10.3. The molecule has 0 fully saturated rings. The predicted octanol–water partition coefficient (Wildman–Crippen LogP) is 2.54. The highest BCUT2D eigenvalue weighted by Crippen LogP contribution is 2.28. The van der Waals surface area contributed by atoms with Gasteiger partial charge >= 0.3 is 0 Å². The Hall–Kier alpha value is -1.00. The molecule has 15 heavy (non-hydrogen) atoms. The average Bonchev–Trinajstić information content (AvgIpc) is 2.84. The minimum Gasteiger partial charge on any atom is -0.452 e. The Bertz CT molecular complexity index is 474. The lowest BCUT2D eigenvalue weighted by atomic mass is 10.1. The van der Waals surface area contributed by atoms with Gasteiger partial charge in [0.25, 0.3) is 0 Å². The fourth-order valence-electron chi connectivity index (χ4n) is 2.06. The van der Waals surface area contributed by atoms with Crippen molar-refractivity contribution in [2.45, 2.75) is 12.6 Å². The molecule has 3 nitrogen and oxygen atoms in total. The predicted molar refractivity (Wildman–Crippen MR) is 60.7 cm³/mol. The third-order valence-corrected chi connectivity index (χ3v) is 3.17. The molecule has 0 saturated carbocycles. The van der Waals surface area contributed by atoms with Crippen LogP contribution in [-0.2, 0) is 6.54 Å². The van der Waals surface area contributed by atoms with Crippen LogP contribution in [0.5, 0.6) is 0 Å². The summed E-state index contributed by atoms with van der Waals surface area (Å²) in [6, 6.07) is 8.32. The maximum atomic E-state index is 5.59. The molecule has 1 atom stereocenters. The molecule has 1 unspecified atom stereocenters. The molecule has 0 aromatic carbocycles. The van der Waals surface area contributed by atoms with Crippen molar-refractivity contribution in [2.75, 3.05) is 6.54 Å². The minimum atomic E-state index is 0.181. The van der Waals surface area contributed by atoms with E-state index in [0.717, 1.165) is 23.5 Å². The second-order valence-electron chi connectivity index (χ2n) is 3.66. The fraction of sp³-hybridized carbons (Fsp3) is 0.273. The van der Waals surface area contributed by atoms with Gasteiger partial charge < -0.3 is 14.3 Å². The summed E-state index contributed by atoms with van der Waals surface area (Å²) in [6.45, 7) is 2.01. The Balaban J connectivity index is 2.02. The highest BCUT2D eigenvalue weighted by atomic mass is 79.9. The van der Waals surface area contributed by atoms with Gasteiger partial charge in [0.05, 0.1) is 0 Å². The van der Waals surface area contributed by atoms with Crippen molar-refractivity contribution < 1.29 is 4.42 Å². The number of furan rings is 1. The molecule has 3 heterocycles. The summed E-state index contributed by atoms with van der Waals surface area (Å²) < 4.78 is 8.63. The van der Waals surface area contributed by atoms with E-state index in [1.807, 2.05) is 12.1 Å². The lowest BCUT2D eigenvalue weighted by Gasteiger charge is -2.24. The molecule has 0 spiro atoms. The van der Waals surface area contributed by atoms with Gasteiger partial charge in [0, 0.05) is 25.0 Å². The highest BCUT2D eigenvalue weighted by molar-refractivity contribution is 9.10. The van der Waals surface area contributed by atoms with Crippen molar-refractivity contribution in [1.82, 2.24) is 9.88 Å². The molecule has 0 aliphatic carbocycles. The summed E-state index contributed by atoms with van der Waals surface area (Å²) in [7, 11) is 0. The van der Waals surface area contributed by atoms with Crippen LogP contribution in [0.4, 0.5) is 0 Å². The van der Waals surface area contributed by atoms with Crippen molar-refractivity contribution >= 4 is 15.9 Å². The van der Waals surface area contributed by atoms with E-state index in [0.29, 0.717) is 0 Å². The standard InChI is InChI=1S/C11H11BrN2O/c12-10-4-3-9(15-10)11-8-2-1-6-14(8)7-5-13-11/h1-4,6,11,13H,5,7H2. The van der Waals surface area contributed by atoms with E-state index < -0.39 is 0 Å². The molecule has 3 rings (SSSR count). The number of aromatic nitrogens is 1. The number of fused-ring (bicyclic) bond motifs is 1. The molecule has 0 saturated heterocycles. The third kappa shape index (κ3) is 1.54. The molecule has 0 bridgehead atoms. The van der Waals surface area contributed by atoms with Gasteiger partial charge in [-0.3, -0.25) is 0 Å². The molecular weight excluding hydrogens is 256 g/mol. The van der Waals surface area contributed by atoms with Crippen molar-refractivity contribution in [2.24, 2.45) is 0 Å². The molecule has 78 valence electrons. The minimum absolute atomic E-state index is 0.181. The summed E-state index contributed by atoms with van der Waals surface area (Å²) in [4.78, 5) is 0. The van der Waals surface area contributed by atoms with Crippen molar-refractivity contribution in [1.29, 1.82) is 0 Å². The van der Waals surface area contributed by atoms with E-state index in [1.165, 1.54) is 5.69 Å². The Labute approximate surface area is 96.2 Å². The van der Waals surface area contributed by atoms with Gasteiger partial charge in [-0.1, -0.05) is 0 Å². The SMILES string of the molecule is Brc1ccc(C2NCCn3cccc32)o1. The van der Waals surface area contributed by atoms with E-state index in [4.69, 9.17) is 4.42 Å². The van der Waals surface area contributed by atoms with Crippen LogP contribution in [0.3, 0.4) is 0 Å². The first kappa shape index (κ1) is 9.24. The quantitative estimate of drug-likeness (QED) is 0.860. The molecule has 1 aliphatic heterocycles. The summed E-state index contributed by atoms with van der Waals surface area (Å²) >= 11 is 3.33. The van der Waals surface area contributed by atoms with Crippen LogP contribution in [0.2, 0.25) is 0 Å². The molecule has 2 aromatic heterocycles. The Morgan fingerprint density at radius 1 is 1.40 bits per heavy atom. The molecule has 2 aromatic rings. The monoisotopic (exact) mass is 266 g/mol. The van der Waals surface area contributed by atoms with Gasteiger partial charge in [-0.15, -0.1) is 0 Å². The molecule has 0 radical (unpaired) electrons. The number of rotatable bonds is 1. The van der Waals surface area contributed by atoms with Crippen LogP contribution in [0.1, 0.15) is 17.5 Å². The fourth-order valence-corrected chi connectivity index (χ4v) is 2.38. The molecule has 1 aliphatic rings. The maximum absolute atomic E-state index is 5.59. The Kier molecular flexibility index (Phi) is 2.18. The van der Waals surface area contributed by atoms with Gasteiger partial charge in [0.15, 0.2) is 4.67 Å². The van der Waals surface area contributed by atoms with Crippen LogP contribution < -0.4 is 5.32 Å². The first-order chi connectivity index (χ1) is 7.34. The van der Waals surface area contributed by atoms with Crippen LogP contribution in [0.15, 0.2) is 39.5 Å². The van der Waals surface area contributed by atoms with Crippen molar-refractivity contribution in [3.8, 4) is 0 Å². The van der Waals surface area contributed by atoms with E-state index >= 15 is 0 Å². The zero-order valence-electron chi connectivity index (χ0n) is 8.11. The van der Waals surface area contributed by atoms with E-state index in [9.17, 15) is 0 Å². The van der Waals surface area contributed by atoms with Crippen molar-refractivity contribution in [3.05, 3.63) is 46.6 Å². The summed E-state index contributed by atoms with van der Waals surface area (Å²) in [5.74, 6) is 0.960. The van der Waals surface area contributed by atoms with Gasteiger partial charge in [-0.05, 0) is 40.2 Å². The molecular formula is C11H11BrN2O. The number of nitrogens with one attached hydrogen (secondary N) is 1. The molecule has 0 amide bonds. The Morgan fingerprint density at radius 3 is 3.13 bits per heavy atom. The van der Waals surface area contributed by atoms with Crippen LogP contribution >= 0.6 is 15.9 Å². The second-order valence-corrected chi connectivity index (χ2v) is 4.44. The number of nitrogens with zero attached hydrogens (tertiary/aromatic N) is 1. The summed E-state index contributed by atoms with van der Waals surface area (Å²) in [6.07, 6.45) is 2.11. The van der Waals surface area contributed by atoms with E-state index in [-0.39, 0.29) is 6.04 Å². The Morgan fingerprint density at radius 2 is 2.33 bits per heavy atom. The molecule has 1 N–H and O–H groups in total. The summed E-state index contributed by atoms with van der Waals surface area (Å²) in [5, 5.41) is 3.46. The highest BCUT2D eigenvalue weighted by Gasteiger charge is 2.23. The largest absolute Gasteiger partial charge is 0.452 e. The van der Waals surface area contributed by atoms with Gasteiger partial charge in [0.1, 0.15) is 11.8 Å². The smallest absolute Gasteiger partial charge is 0.169 e. The normalized spacial score (nSPS) is 20.2. The lowest BCUT2D eigenvalue weighted by molar-refractivity contribution is 0.388. The first-order valence-corrected chi connectivity index (χ1v) is 5.77. The topological polar surface area (TPSA) is 30.1 Å². The van der Waals surface area contributed by atoms with Gasteiger partial charge in [-0.2, -0.15) is 0 Å². The maximum Gasteiger partial charge on any atom is 0.169 e. The number of halogens is 1. The lowest BCUT2D eigenvalue weighted by Crippen LogP contribution is -2.33. The third-order valence-electron chi connectivity index (χ3n) is 2.74. The van der Waals surface area contributed by atoms with Crippen molar-refractivity contribution in [3.63, 3.8) is 0 Å². The second kappa shape index (κ2) is 3.54. The van der Waals surface area contributed by atoms with E-state index in [2.05, 4.69) is 44.1 Å². The number of hydrogen-bond donors (Lipinski definition) is 1. The zero-order valence-corrected chi connectivity index (χ0v) is 9.70. The van der Waals surface area contributed by atoms with Crippen LogP contribution in [0.25, 0.3) is 0 Å². The van der Waals surface area contributed by atoms with Crippen LogP contribution in [0, 0.1) is 0 Å². The summed E-state index contributed by atoms with van der Waals surface area (Å²) in [5.41, 5.74) is 1.27. The van der Waals surface area contributed by atoms with Crippen LogP contribution in [-0.4, -0.2) is 11.1 Å².